The van der Waals surface area contributed by atoms with Crippen LogP contribution < -0.4 is 5.73 Å². The van der Waals surface area contributed by atoms with Gasteiger partial charge in [-0.1, -0.05) is 24.3 Å². The maximum Gasteiger partial charge on any atom is 0.0425 e. The quantitative estimate of drug-likeness (QED) is 0.900. The summed E-state index contributed by atoms with van der Waals surface area (Å²) >= 11 is 2.09. The highest BCUT2D eigenvalue weighted by Crippen LogP contribution is 2.34. The molecule has 1 unspecified atom stereocenters. The van der Waals surface area contributed by atoms with Gasteiger partial charge in [0.25, 0.3) is 0 Å². The first-order valence-electron chi connectivity index (χ1n) is 7.44. The number of hydrogen-bond acceptors (Lipinski definition) is 3. The number of nitrogens with zero attached hydrogens (tertiary/aromatic N) is 1. The van der Waals surface area contributed by atoms with Gasteiger partial charge < -0.3 is 5.73 Å². The van der Waals surface area contributed by atoms with E-state index in [-0.39, 0.29) is 5.54 Å². The Balaban J connectivity index is 1.84. The molecule has 2 aliphatic heterocycles. The standard InChI is InChI=1S/C16H24N2S/c17-12-16(8-4-10-19-13-16)18-9-3-7-14-5-1-2-6-15(14)11-18/h1-2,5-6H,3-4,7-13,17H2. The minimum atomic E-state index is 0.250. The lowest BCUT2D eigenvalue weighted by atomic mass is 9.92. The molecule has 0 amide bonds. The molecule has 1 aromatic carbocycles. The van der Waals surface area contributed by atoms with E-state index < -0.39 is 0 Å². The average molecular weight is 276 g/mol. The first-order chi connectivity index (χ1) is 9.34. The van der Waals surface area contributed by atoms with Crippen LogP contribution in [0.3, 0.4) is 0 Å². The van der Waals surface area contributed by atoms with Crippen LogP contribution in [-0.4, -0.2) is 35.0 Å². The monoisotopic (exact) mass is 276 g/mol. The maximum atomic E-state index is 6.19. The molecule has 0 spiro atoms. The zero-order valence-electron chi connectivity index (χ0n) is 11.6. The fourth-order valence-electron chi connectivity index (χ4n) is 3.48. The van der Waals surface area contributed by atoms with Gasteiger partial charge in [0, 0.05) is 24.4 Å². The molecule has 2 nitrogen and oxygen atoms in total. The van der Waals surface area contributed by atoms with Crippen LogP contribution in [-0.2, 0) is 13.0 Å². The van der Waals surface area contributed by atoms with E-state index in [9.17, 15) is 0 Å². The van der Waals surface area contributed by atoms with E-state index >= 15 is 0 Å². The van der Waals surface area contributed by atoms with Gasteiger partial charge in [0.05, 0.1) is 0 Å². The molecule has 2 heterocycles. The highest BCUT2D eigenvalue weighted by atomic mass is 32.2. The summed E-state index contributed by atoms with van der Waals surface area (Å²) in [5.41, 5.74) is 9.49. The fraction of sp³-hybridized carbons (Fsp3) is 0.625. The normalized spacial score (nSPS) is 28.7. The molecule has 1 saturated heterocycles. The Kier molecular flexibility index (Phi) is 4.15. The van der Waals surface area contributed by atoms with Crippen LogP contribution in [0, 0.1) is 0 Å². The number of nitrogens with two attached hydrogens (primary N) is 1. The van der Waals surface area contributed by atoms with Crippen LogP contribution >= 0.6 is 11.8 Å². The van der Waals surface area contributed by atoms with Crippen LogP contribution in [0.2, 0.25) is 0 Å². The van der Waals surface area contributed by atoms with E-state index in [4.69, 9.17) is 5.73 Å². The van der Waals surface area contributed by atoms with E-state index in [1.807, 2.05) is 0 Å². The zero-order chi connectivity index (χ0) is 13.1. The molecule has 0 aliphatic carbocycles. The Hall–Kier alpha value is -0.510. The number of fused-ring (bicyclic) bond motifs is 1. The molecule has 3 heteroatoms. The minimum absolute atomic E-state index is 0.250. The third kappa shape index (κ3) is 2.69. The topological polar surface area (TPSA) is 29.3 Å². The third-order valence-corrected chi connectivity index (χ3v) is 6.02. The molecule has 2 N–H and O–H groups in total. The summed E-state index contributed by atoms with van der Waals surface area (Å²) in [6.45, 7) is 3.10. The number of hydrogen-bond donors (Lipinski definition) is 1. The molecule has 19 heavy (non-hydrogen) atoms. The van der Waals surface area contributed by atoms with Crippen molar-refractivity contribution < 1.29 is 0 Å². The Bertz CT molecular complexity index is 427. The van der Waals surface area contributed by atoms with E-state index in [0.29, 0.717) is 0 Å². The predicted molar refractivity (Wildman–Crippen MR) is 83.5 cm³/mol. The van der Waals surface area contributed by atoms with Gasteiger partial charge in [-0.15, -0.1) is 0 Å². The zero-order valence-corrected chi connectivity index (χ0v) is 12.4. The Morgan fingerprint density at radius 1 is 1.21 bits per heavy atom. The Morgan fingerprint density at radius 2 is 2.05 bits per heavy atom. The lowest BCUT2D eigenvalue weighted by Gasteiger charge is -2.45. The average Bonchev–Trinajstić information content (AvgIpc) is 2.70. The van der Waals surface area contributed by atoms with E-state index in [0.717, 1.165) is 13.1 Å². The van der Waals surface area contributed by atoms with Crippen molar-refractivity contribution in [2.24, 2.45) is 5.73 Å². The number of aryl methyl sites for hydroxylation is 1. The lowest BCUT2D eigenvalue weighted by molar-refractivity contribution is 0.0957. The highest BCUT2D eigenvalue weighted by molar-refractivity contribution is 7.99. The van der Waals surface area contributed by atoms with Gasteiger partial charge in [-0.2, -0.15) is 11.8 Å². The minimum Gasteiger partial charge on any atom is -0.329 e. The van der Waals surface area contributed by atoms with E-state index in [2.05, 4.69) is 40.9 Å². The van der Waals surface area contributed by atoms with Gasteiger partial charge in [0.15, 0.2) is 0 Å². The van der Waals surface area contributed by atoms with Crippen molar-refractivity contribution in [2.75, 3.05) is 24.6 Å². The number of thioether (sulfide) groups is 1. The SMILES string of the molecule is NCC1(N2CCCc3ccccc3C2)CCCSC1. The van der Waals surface area contributed by atoms with Gasteiger partial charge in [-0.05, 0) is 49.1 Å². The Labute approximate surface area is 120 Å². The molecular formula is C16H24N2S. The molecule has 0 bridgehead atoms. The van der Waals surface area contributed by atoms with Crippen LogP contribution in [0.4, 0.5) is 0 Å². The van der Waals surface area contributed by atoms with E-state index in [1.165, 1.54) is 49.3 Å². The van der Waals surface area contributed by atoms with Crippen molar-refractivity contribution in [1.29, 1.82) is 0 Å². The van der Waals surface area contributed by atoms with Crippen LogP contribution in [0.1, 0.15) is 30.4 Å². The summed E-state index contributed by atoms with van der Waals surface area (Å²) in [6, 6.07) is 8.94. The molecule has 1 atom stereocenters. The summed E-state index contributed by atoms with van der Waals surface area (Å²) in [4.78, 5) is 2.69. The lowest BCUT2D eigenvalue weighted by Crippen LogP contribution is -2.56. The summed E-state index contributed by atoms with van der Waals surface area (Å²) in [5, 5.41) is 0. The largest absolute Gasteiger partial charge is 0.329 e. The van der Waals surface area contributed by atoms with Gasteiger partial charge in [0.2, 0.25) is 0 Å². The van der Waals surface area contributed by atoms with Gasteiger partial charge in [0.1, 0.15) is 0 Å². The van der Waals surface area contributed by atoms with Gasteiger partial charge >= 0.3 is 0 Å². The Morgan fingerprint density at radius 3 is 2.79 bits per heavy atom. The molecule has 2 aliphatic rings. The van der Waals surface area contributed by atoms with Crippen molar-refractivity contribution in [2.45, 2.75) is 37.8 Å². The first kappa shape index (κ1) is 13.5. The van der Waals surface area contributed by atoms with Crippen molar-refractivity contribution >= 4 is 11.8 Å². The second-order valence-corrected chi connectivity index (χ2v) is 6.98. The van der Waals surface area contributed by atoms with Crippen molar-refractivity contribution in [3.8, 4) is 0 Å². The first-order valence-corrected chi connectivity index (χ1v) is 8.59. The number of rotatable bonds is 2. The molecule has 3 rings (SSSR count). The van der Waals surface area contributed by atoms with E-state index in [1.54, 1.807) is 5.56 Å². The van der Waals surface area contributed by atoms with Crippen molar-refractivity contribution in [3.05, 3.63) is 35.4 Å². The van der Waals surface area contributed by atoms with Crippen molar-refractivity contribution in [3.63, 3.8) is 0 Å². The van der Waals surface area contributed by atoms with Gasteiger partial charge in [-0.3, -0.25) is 4.90 Å². The molecule has 0 radical (unpaired) electrons. The summed E-state index contributed by atoms with van der Waals surface area (Å²) in [6.07, 6.45) is 5.09. The van der Waals surface area contributed by atoms with Crippen molar-refractivity contribution in [1.82, 2.24) is 4.90 Å². The van der Waals surface area contributed by atoms with Gasteiger partial charge in [-0.25, -0.2) is 0 Å². The fourth-order valence-corrected chi connectivity index (χ4v) is 4.80. The summed E-state index contributed by atoms with van der Waals surface area (Å²) in [5.74, 6) is 2.53. The smallest absolute Gasteiger partial charge is 0.0425 e. The third-order valence-electron chi connectivity index (χ3n) is 4.71. The summed E-state index contributed by atoms with van der Waals surface area (Å²) < 4.78 is 0. The molecule has 0 saturated carbocycles. The molecule has 1 fully saturated rings. The molecular weight excluding hydrogens is 252 g/mol. The highest BCUT2D eigenvalue weighted by Gasteiger charge is 2.37. The predicted octanol–water partition coefficient (Wildman–Crippen LogP) is 2.66. The maximum absolute atomic E-state index is 6.19. The van der Waals surface area contributed by atoms with Crippen LogP contribution in [0.25, 0.3) is 0 Å². The molecule has 1 aromatic rings. The summed E-state index contributed by atoms with van der Waals surface area (Å²) in [7, 11) is 0. The van der Waals surface area contributed by atoms with Crippen LogP contribution in [0.5, 0.6) is 0 Å². The van der Waals surface area contributed by atoms with Crippen LogP contribution in [0.15, 0.2) is 24.3 Å². The second-order valence-electron chi connectivity index (χ2n) is 5.88. The molecule has 104 valence electrons. The number of benzene rings is 1. The second kappa shape index (κ2) is 5.86. The molecule has 0 aromatic heterocycles.